The molecule has 174 valence electrons. The largest absolute Gasteiger partial charge is 0.356 e. The molecule has 7 nitrogen and oxygen atoms in total. The first kappa shape index (κ1) is 27.4. The van der Waals surface area contributed by atoms with E-state index in [9.17, 15) is 9.59 Å². The van der Waals surface area contributed by atoms with Crippen molar-refractivity contribution in [3.05, 3.63) is 65.2 Å². The van der Waals surface area contributed by atoms with Gasteiger partial charge in [-0.3, -0.25) is 14.6 Å². The average Bonchev–Trinajstić information content (AvgIpc) is 2.80. The number of guanidine groups is 1. The zero-order valence-corrected chi connectivity index (χ0v) is 21.5. The lowest BCUT2D eigenvalue weighted by atomic mass is 10.1. The SMILES string of the molecule is CCC(C)C(=O)Nc1cccc(CNC(=NC)NCCc2cccc(C(=O)NC)c2)c1.I. The maximum absolute atomic E-state index is 12.1. The van der Waals surface area contributed by atoms with Crippen molar-refractivity contribution in [2.75, 3.05) is 26.0 Å². The van der Waals surface area contributed by atoms with Crippen molar-refractivity contribution in [2.45, 2.75) is 33.2 Å². The Morgan fingerprint density at radius 2 is 1.75 bits per heavy atom. The third kappa shape index (κ3) is 8.86. The van der Waals surface area contributed by atoms with Gasteiger partial charge >= 0.3 is 0 Å². The molecule has 2 aromatic carbocycles. The number of nitrogens with one attached hydrogen (secondary N) is 4. The van der Waals surface area contributed by atoms with E-state index in [0.29, 0.717) is 24.6 Å². The van der Waals surface area contributed by atoms with E-state index in [1.54, 1.807) is 20.2 Å². The fraction of sp³-hybridized carbons (Fsp3) is 0.375. The summed E-state index contributed by atoms with van der Waals surface area (Å²) in [7, 11) is 3.35. The number of halogens is 1. The van der Waals surface area contributed by atoms with E-state index >= 15 is 0 Å². The summed E-state index contributed by atoms with van der Waals surface area (Å²) in [6.07, 6.45) is 1.58. The minimum atomic E-state index is -0.0881. The Morgan fingerprint density at radius 3 is 2.44 bits per heavy atom. The quantitative estimate of drug-likeness (QED) is 0.218. The Balaban J connectivity index is 0.00000512. The molecule has 1 atom stereocenters. The second kappa shape index (κ2) is 14.4. The van der Waals surface area contributed by atoms with Crippen molar-refractivity contribution < 1.29 is 9.59 Å². The summed E-state index contributed by atoms with van der Waals surface area (Å²) in [6, 6.07) is 15.4. The van der Waals surface area contributed by atoms with E-state index in [0.717, 1.165) is 29.7 Å². The zero-order chi connectivity index (χ0) is 22.6. The Kier molecular flexibility index (Phi) is 12.4. The molecule has 8 heteroatoms. The third-order valence-electron chi connectivity index (χ3n) is 5.06. The number of nitrogens with zero attached hydrogens (tertiary/aromatic N) is 1. The van der Waals surface area contributed by atoms with Crippen molar-refractivity contribution in [3.63, 3.8) is 0 Å². The lowest BCUT2D eigenvalue weighted by Crippen LogP contribution is -2.37. The van der Waals surface area contributed by atoms with Crippen LogP contribution in [0.2, 0.25) is 0 Å². The monoisotopic (exact) mass is 551 g/mol. The van der Waals surface area contributed by atoms with Gasteiger partial charge in [0, 0.05) is 44.4 Å². The van der Waals surface area contributed by atoms with Gasteiger partial charge in [0.15, 0.2) is 5.96 Å². The average molecular weight is 551 g/mol. The number of benzene rings is 2. The van der Waals surface area contributed by atoms with Crippen LogP contribution in [-0.4, -0.2) is 38.4 Å². The first-order valence-corrected chi connectivity index (χ1v) is 10.6. The molecule has 0 saturated heterocycles. The van der Waals surface area contributed by atoms with Crippen LogP contribution < -0.4 is 21.3 Å². The smallest absolute Gasteiger partial charge is 0.251 e. The highest BCUT2D eigenvalue weighted by molar-refractivity contribution is 14.0. The van der Waals surface area contributed by atoms with Crippen molar-refractivity contribution in [2.24, 2.45) is 10.9 Å². The Morgan fingerprint density at radius 1 is 1.03 bits per heavy atom. The first-order valence-electron chi connectivity index (χ1n) is 10.6. The van der Waals surface area contributed by atoms with Gasteiger partial charge in [-0.25, -0.2) is 0 Å². The van der Waals surface area contributed by atoms with E-state index in [-0.39, 0.29) is 41.7 Å². The van der Waals surface area contributed by atoms with E-state index in [4.69, 9.17) is 0 Å². The van der Waals surface area contributed by atoms with Crippen LogP contribution >= 0.6 is 24.0 Å². The van der Waals surface area contributed by atoms with Gasteiger partial charge in [-0.05, 0) is 48.2 Å². The van der Waals surface area contributed by atoms with Gasteiger partial charge in [0.1, 0.15) is 0 Å². The molecular weight excluding hydrogens is 517 g/mol. The van der Waals surface area contributed by atoms with Crippen LogP contribution in [0.25, 0.3) is 0 Å². The topological polar surface area (TPSA) is 94.6 Å². The standard InChI is InChI=1S/C24H33N5O2.HI/c1-5-17(2)22(30)29-21-11-7-9-19(15-21)16-28-24(26-4)27-13-12-18-8-6-10-20(14-18)23(31)25-3;/h6-11,14-15,17H,5,12-13,16H2,1-4H3,(H,25,31)(H,29,30)(H2,26,27,28);1H. The highest BCUT2D eigenvalue weighted by Gasteiger charge is 2.10. The molecule has 0 heterocycles. The lowest BCUT2D eigenvalue weighted by molar-refractivity contribution is -0.119. The van der Waals surface area contributed by atoms with Gasteiger partial charge in [-0.2, -0.15) is 0 Å². The van der Waals surface area contributed by atoms with Crippen LogP contribution in [0.1, 0.15) is 41.8 Å². The van der Waals surface area contributed by atoms with Crippen LogP contribution in [-0.2, 0) is 17.8 Å². The number of carbonyl (C=O) groups excluding carboxylic acids is 2. The molecule has 0 radical (unpaired) electrons. The molecule has 0 bridgehead atoms. The van der Waals surface area contributed by atoms with Gasteiger partial charge in [-0.15, -0.1) is 24.0 Å². The first-order chi connectivity index (χ1) is 15.0. The summed E-state index contributed by atoms with van der Waals surface area (Å²) in [5.41, 5.74) is 3.57. The molecule has 0 fully saturated rings. The number of amides is 2. The van der Waals surface area contributed by atoms with Crippen LogP contribution in [0.5, 0.6) is 0 Å². The molecule has 1 unspecified atom stereocenters. The molecular formula is C24H34IN5O2. The van der Waals surface area contributed by atoms with Crippen LogP contribution in [0.15, 0.2) is 53.5 Å². The van der Waals surface area contributed by atoms with E-state index in [2.05, 4.69) is 26.3 Å². The van der Waals surface area contributed by atoms with Crippen molar-refractivity contribution >= 4 is 47.4 Å². The summed E-state index contributed by atoms with van der Waals surface area (Å²) in [6.45, 7) is 5.19. The summed E-state index contributed by atoms with van der Waals surface area (Å²) < 4.78 is 0. The zero-order valence-electron chi connectivity index (χ0n) is 19.2. The van der Waals surface area contributed by atoms with Gasteiger partial charge in [0.05, 0.1) is 0 Å². The maximum Gasteiger partial charge on any atom is 0.251 e. The highest BCUT2D eigenvalue weighted by Crippen LogP contribution is 2.13. The number of hydrogen-bond donors (Lipinski definition) is 4. The molecule has 4 N–H and O–H groups in total. The van der Waals surface area contributed by atoms with Gasteiger partial charge in [-0.1, -0.05) is 38.1 Å². The molecule has 2 rings (SSSR count). The maximum atomic E-state index is 12.1. The number of hydrogen-bond acceptors (Lipinski definition) is 3. The Hall–Kier alpha value is -2.62. The summed E-state index contributed by atoms with van der Waals surface area (Å²) in [5.74, 6) is 0.624. The minimum absolute atomic E-state index is 0. The Bertz CT molecular complexity index is 917. The van der Waals surface area contributed by atoms with E-state index < -0.39 is 0 Å². The van der Waals surface area contributed by atoms with Gasteiger partial charge in [0.25, 0.3) is 5.91 Å². The summed E-state index contributed by atoms with van der Waals surface area (Å²) in [5, 5.41) is 12.2. The van der Waals surface area contributed by atoms with E-state index in [1.807, 2.05) is 56.3 Å². The molecule has 0 saturated carbocycles. The Labute approximate surface area is 207 Å². The fourth-order valence-electron chi connectivity index (χ4n) is 2.95. The van der Waals surface area contributed by atoms with Crippen LogP contribution in [0.4, 0.5) is 5.69 Å². The molecule has 2 amide bonds. The molecule has 32 heavy (non-hydrogen) atoms. The molecule has 0 aliphatic carbocycles. The van der Waals surface area contributed by atoms with Gasteiger partial charge < -0.3 is 21.3 Å². The van der Waals surface area contributed by atoms with Gasteiger partial charge in [0.2, 0.25) is 5.91 Å². The number of carbonyl (C=O) groups is 2. The summed E-state index contributed by atoms with van der Waals surface area (Å²) in [4.78, 5) is 28.1. The molecule has 0 aliphatic rings. The predicted octanol–water partition coefficient (Wildman–Crippen LogP) is 3.56. The predicted molar refractivity (Wildman–Crippen MR) is 142 cm³/mol. The van der Waals surface area contributed by atoms with Crippen molar-refractivity contribution in [3.8, 4) is 0 Å². The second-order valence-electron chi connectivity index (χ2n) is 7.38. The number of anilines is 1. The highest BCUT2D eigenvalue weighted by atomic mass is 127. The van der Waals surface area contributed by atoms with Crippen LogP contribution in [0, 0.1) is 5.92 Å². The van der Waals surface area contributed by atoms with E-state index in [1.165, 1.54) is 0 Å². The minimum Gasteiger partial charge on any atom is -0.356 e. The molecule has 0 aliphatic heterocycles. The summed E-state index contributed by atoms with van der Waals surface area (Å²) >= 11 is 0. The molecule has 2 aromatic rings. The fourth-order valence-corrected chi connectivity index (χ4v) is 2.95. The number of aliphatic imine (C=N–C) groups is 1. The third-order valence-corrected chi connectivity index (χ3v) is 5.06. The van der Waals surface area contributed by atoms with Crippen molar-refractivity contribution in [1.82, 2.24) is 16.0 Å². The lowest BCUT2D eigenvalue weighted by Gasteiger charge is -2.14. The second-order valence-corrected chi connectivity index (χ2v) is 7.38. The molecule has 0 spiro atoms. The van der Waals surface area contributed by atoms with Crippen LogP contribution in [0.3, 0.4) is 0 Å². The van der Waals surface area contributed by atoms with Crippen molar-refractivity contribution in [1.29, 1.82) is 0 Å². The normalized spacial score (nSPS) is 11.7. The number of rotatable bonds is 9. The molecule has 0 aromatic heterocycles.